The second-order valence-electron chi connectivity index (χ2n) is 5.40. The number of para-hydroxylation sites is 1. The molecular formula is C16H14ClFN2O6S. The van der Waals surface area contributed by atoms with E-state index in [0.717, 1.165) is 34.6 Å². The Balaban J connectivity index is 2.56. The van der Waals surface area contributed by atoms with Crippen molar-refractivity contribution in [2.24, 2.45) is 0 Å². The van der Waals surface area contributed by atoms with Crippen LogP contribution in [0.25, 0.3) is 0 Å². The van der Waals surface area contributed by atoms with Gasteiger partial charge in [-0.15, -0.1) is 0 Å². The second kappa shape index (κ2) is 8.31. The van der Waals surface area contributed by atoms with E-state index in [9.17, 15) is 27.7 Å². The topological polar surface area (TPSA) is 118 Å². The number of halogens is 2. The Morgan fingerprint density at radius 1 is 1.26 bits per heavy atom. The van der Waals surface area contributed by atoms with Crippen molar-refractivity contribution in [3.63, 3.8) is 0 Å². The molecule has 0 aliphatic rings. The van der Waals surface area contributed by atoms with E-state index in [1.807, 2.05) is 0 Å². The Morgan fingerprint density at radius 2 is 1.93 bits per heavy atom. The summed E-state index contributed by atoms with van der Waals surface area (Å²) in [6.07, 6.45) is -0.387. The number of carbonyl (C=O) groups is 1. The minimum Gasteiger partial charge on any atom is -0.481 e. The quantitative estimate of drug-likeness (QED) is 0.520. The molecule has 27 heavy (non-hydrogen) atoms. The molecule has 0 saturated carbocycles. The van der Waals surface area contributed by atoms with E-state index in [-0.39, 0.29) is 30.1 Å². The van der Waals surface area contributed by atoms with Crippen LogP contribution >= 0.6 is 11.6 Å². The molecule has 0 aliphatic carbocycles. The maximum atomic E-state index is 13.4. The molecule has 144 valence electrons. The zero-order valence-electron chi connectivity index (χ0n) is 13.7. The third-order valence-electron chi connectivity index (χ3n) is 3.57. The van der Waals surface area contributed by atoms with E-state index < -0.39 is 37.3 Å². The highest BCUT2D eigenvalue weighted by Crippen LogP contribution is 2.31. The molecule has 8 nitrogen and oxygen atoms in total. The van der Waals surface area contributed by atoms with Crippen LogP contribution in [0.1, 0.15) is 12.8 Å². The van der Waals surface area contributed by atoms with Gasteiger partial charge in [-0.3, -0.25) is 19.2 Å². The number of benzene rings is 2. The standard InChI is InChI=1S/C16H14ClFN2O6S/c17-12-10-11(7-8-13(12)18)19(9-3-6-16(21)22)27(25,26)15-5-2-1-4-14(15)20(23)24/h1-2,4-5,7-8,10H,3,6,9H2,(H,21,22). The van der Waals surface area contributed by atoms with Crippen LogP contribution in [-0.2, 0) is 14.8 Å². The number of aliphatic carboxylic acids is 1. The molecule has 0 fully saturated rings. The molecule has 11 heteroatoms. The third-order valence-corrected chi connectivity index (χ3v) is 5.74. The van der Waals surface area contributed by atoms with E-state index >= 15 is 0 Å². The summed E-state index contributed by atoms with van der Waals surface area (Å²) in [4.78, 5) is 20.6. The largest absolute Gasteiger partial charge is 0.481 e. The van der Waals surface area contributed by atoms with Crippen molar-refractivity contribution < 1.29 is 27.6 Å². The summed E-state index contributed by atoms with van der Waals surface area (Å²) in [7, 11) is -4.44. The van der Waals surface area contributed by atoms with Crippen molar-refractivity contribution in [2.45, 2.75) is 17.7 Å². The maximum absolute atomic E-state index is 13.4. The Morgan fingerprint density at radius 3 is 2.52 bits per heavy atom. The first-order valence-corrected chi connectivity index (χ1v) is 9.39. The molecule has 1 N–H and O–H groups in total. The average molecular weight is 417 g/mol. The lowest BCUT2D eigenvalue weighted by atomic mass is 10.2. The summed E-state index contributed by atoms with van der Waals surface area (Å²) in [6, 6.07) is 7.92. The van der Waals surface area contributed by atoms with E-state index in [1.165, 1.54) is 12.1 Å². The Hall–Kier alpha value is -2.72. The van der Waals surface area contributed by atoms with Gasteiger partial charge in [-0.25, -0.2) is 12.8 Å². The lowest BCUT2D eigenvalue weighted by molar-refractivity contribution is -0.387. The first-order chi connectivity index (χ1) is 12.6. The van der Waals surface area contributed by atoms with Gasteiger partial charge in [-0.2, -0.15) is 0 Å². The Kier molecular flexibility index (Phi) is 6.34. The van der Waals surface area contributed by atoms with Crippen LogP contribution in [0, 0.1) is 15.9 Å². The first-order valence-electron chi connectivity index (χ1n) is 7.57. The number of nitro benzene ring substituents is 1. The van der Waals surface area contributed by atoms with Crippen LogP contribution in [0.15, 0.2) is 47.4 Å². The highest BCUT2D eigenvalue weighted by molar-refractivity contribution is 7.93. The second-order valence-corrected chi connectivity index (χ2v) is 7.64. The van der Waals surface area contributed by atoms with Gasteiger partial charge >= 0.3 is 5.97 Å². The van der Waals surface area contributed by atoms with Gasteiger partial charge in [-0.1, -0.05) is 23.7 Å². The van der Waals surface area contributed by atoms with E-state index in [2.05, 4.69) is 0 Å². The van der Waals surface area contributed by atoms with E-state index in [1.54, 1.807) is 0 Å². The molecular weight excluding hydrogens is 403 g/mol. The summed E-state index contributed by atoms with van der Waals surface area (Å²) < 4.78 is 40.4. The number of carboxylic acid groups (broad SMARTS) is 1. The summed E-state index contributed by atoms with van der Waals surface area (Å²) in [5, 5.41) is 19.7. The number of carboxylic acids is 1. The molecule has 0 spiro atoms. The number of nitrogens with zero attached hydrogens (tertiary/aromatic N) is 2. The molecule has 2 aromatic rings. The lowest BCUT2D eigenvalue weighted by Crippen LogP contribution is -2.32. The summed E-state index contributed by atoms with van der Waals surface area (Å²) in [5.41, 5.74) is -0.668. The maximum Gasteiger partial charge on any atom is 0.303 e. The Labute approximate surface area is 159 Å². The summed E-state index contributed by atoms with van der Waals surface area (Å²) >= 11 is 5.72. The van der Waals surface area contributed by atoms with Crippen molar-refractivity contribution in [3.8, 4) is 0 Å². The fourth-order valence-corrected chi connectivity index (χ4v) is 4.18. The SMILES string of the molecule is O=C(O)CCCN(c1ccc(F)c(Cl)c1)S(=O)(=O)c1ccccc1[N+](=O)[O-]. The average Bonchev–Trinajstić information content (AvgIpc) is 2.61. The van der Waals surface area contributed by atoms with Crippen molar-refractivity contribution >= 4 is 39.0 Å². The fourth-order valence-electron chi connectivity index (χ4n) is 2.35. The molecule has 0 bridgehead atoms. The highest BCUT2D eigenvalue weighted by Gasteiger charge is 2.32. The highest BCUT2D eigenvalue weighted by atomic mass is 35.5. The van der Waals surface area contributed by atoms with Crippen molar-refractivity contribution in [3.05, 3.63) is 63.4 Å². The molecule has 0 atom stereocenters. The van der Waals surface area contributed by atoms with E-state index in [0.29, 0.717) is 0 Å². The molecule has 2 rings (SSSR count). The predicted octanol–water partition coefficient (Wildman–Crippen LogP) is 3.45. The molecule has 0 heterocycles. The van der Waals surface area contributed by atoms with Crippen molar-refractivity contribution in [1.82, 2.24) is 0 Å². The van der Waals surface area contributed by atoms with Gasteiger partial charge in [0.25, 0.3) is 15.7 Å². The van der Waals surface area contributed by atoms with Crippen LogP contribution in [0.4, 0.5) is 15.8 Å². The number of sulfonamides is 1. The van der Waals surface area contributed by atoms with Gasteiger partial charge in [0.2, 0.25) is 0 Å². The van der Waals surface area contributed by atoms with Gasteiger partial charge in [-0.05, 0) is 30.7 Å². The molecule has 0 unspecified atom stereocenters. The lowest BCUT2D eigenvalue weighted by Gasteiger charge is -2.24. The molecule has 2 aromatic carbocycles. The minimum atomic E-state index is -4.44. The van der Waals surface area contributed by atoms with Gasteiger partial charge in [0.1, 0.15) is 5.82 Å². The van der Waals surface area contributed by atoms with Crippen LogP contribution in [0.3, 0.4) is 0 Å². The van der Waals surface area contributed by atoms with Crippen LogP contribution in [-0.4, -0.2) is 31.0 Å². The zero-order valence-corrected chi connectivity index (χ0v) is 15.3. The predicted molar refractivity (Wildman–Crippen MR) is 95.9 cm³/mol. The van der Waals surface area contributed by atoms with Gasteiger partial charge in [0, 0.05) is 19.0 Å². The van der Waals surface area contributed by atoms with Crippen LogP contribution < -0.4 is 4.31 Å². The normalized spacial score (nSPS) is 11.2. The third kappa shape index (κ3) is 4.72. The minimum absolute atomic E-state index is 0.0371. The number of hydrogen-bond donors (Lipinski definition) is 1. The van der Waals surface area contributed by atoms with Crippen molar-refractivity contribution in [2.75, 3.05) is 10.8 Å². The van der Waals surface area contributed by atoms with E-state index in [4.69, 9.17) is 16.7 Å². The molecule has 0 aromatic heterocycles. The number of rotatable bonds is 8. The van der Waals surface area contributed by atoms with Crippen LogP contribution in [0.2, 0.25) is 5.02 Å². The van der Waals surface area contributed by atoms with Gasteiger partial charge in [0.15, 0.2) is 4.90 Å². The van der Waals surface area contributed by atoms with Gasteiger partial charge < -0.3 is 5.11 Å². The van der Waals surface area contributed by atoms with Gasteiger partial charge in [0.05, 0.1) is 15.6 Å². The molecule has 0 saturated heterocycles. The number of hydrogen-bond acceptors (Lipinski definition) is 5. The summed E-state index contributed by atoms with van der Waals surface area (Å²) in [6.45, 7) is -0.289. The molecule has 0 amide bonds. The van der Waals surface area contributed by atoms with Crippen LogP contribution in [0.5, 0.6) is 0 Å². The smallest absolute Gasteiger partial charge is 0.303 e. The first kappa shape index (κ1) is 20.6. The summed E-state index contributed by atoms with van der Waals surface area (Å²) in [5.74, 6) is -1.90. The Bertz CT molecular complexity index is 983. The number of nitro groups is 1. The molecule has 0 aliphatic heterocycles. The monoisotopic (exact) mass is 416 g/mol. The van der Waals surface area contributed by atoms with Crippen molar-refractivity contribution in [1.29, 1.82) is 0 Å². The zero-order chi connectivity index (χ0) is 20.2. The molecule has 0 radical (unpaired) electrons. The number of anilines is 1. The fraction of sp³-hybridized carbons (Fsp3) is 0.188.